The zero-order valence-corrected chi connectivity index (χ0v) is 31.6. The maximum atomic E-state index is 6.91. The van der Waals surface area contributed by atoms with E-state index in [4.69, 9.17) is 4.42 Å². The van der Waals surface area contributed by atoms with Gasteiger partial charge in [0.25, 0.3) is 0 Å². The van der Waals surface area contributed by atoms with Gasteiger partial charge in [-0.2, -0.15) is 0 Å². The van der Waals surface area contributed by atoms with E-state index in [1.165, 1.54) is 63.6 Å². The third-order valence-electron chi connectivity index (χ3n) is 11.7. The number of furan rings is 1. The Morgan fingerprint density at radius 1 is 0.351 bits per heavy atom. The molecule has 12 rings (SSSR count). The molecule has 2 aromatic heterocycles. The zero-order valence-electron chi connectivity index (χ0n) is 30.8. The van der Waals surface area contributed by atoms with Crippen LogP contribution in [0.5, 0.6) is 0 Å². The van der Waals surface area contributed by atoms with Gasteiger partial charge in [-0.05, 0) is 92.2 Å². The summed E-state index contributed by atoms with van der Waals surface area (Å²) in [6.07, 6.45) is 0. The van der Waals surface area contributed by atoms with Crippen molar-refractivity contribution in [2.75, 3.05) is 4.90 Å². The monoisotopic (exact) mass is 743 g/mol. The van der Waals surface area contributed by atoms with Crippen LogP contribution in [0, 0.1) is 0 Å². The van der Waals surface area contributed by atoms with Gasteiger partial charge in [-0.25, -0.2) is 0 Å². The third-order valence-corrected chi connectivity index (χ3v) is 12.8. The molecule has 2 heterocycles. The molecule has 0 fully saturated rings. The maximum Gasteiger partial charge on any atom is 0.145 e. The molecule has 0 amide bonds. The highest BCUT2D eigenvalue weighted by atomic mass is 32.1. The van der Waals surface area contributed by atoms with Gasteiger partial charge in [0.05, 0.1) is 16.8 Å². The van der Waals surface area contributed by atoms with Crippen molar-refractivity contribution in [1.29, 1.82) is 0 Å². The van der Waals surface area contributed by atoms with Crippen LogP contribution < -0.4 is 4.90 Å². The fraction of sp³-hybridized carbons (Fsp3) is 0. The molecule has 12 aromatic rings. The van der Waals surface area contributed by atoms with E-state index in [0.29, 0.717) is 0 Å². The number of fused-ring (bicyclic) bond motifs is 10. The predicted octanol–water partition coefficient (Wildman–Crippen LogP) is 16.2. The molecule has 0 saturated carbocycles. The number of hydrogen-bond acceptors (Lipinski definition) is 3. The summed E-state index contributed by atoms with van der Waals surface area (Å²) in [5, 5.41) is 12.1. The van der Waals surface area contributed by atoms with Crippen molar-refractivity contribution < 1.29 is 4.42 Å². The summed E-state index contributed by atoms with van der Waals surface area (Å²) < 4.78 is 9.54. The Balaban J connectivity index is 1.13. The van der Waals surface area contributed by atoms with E-state index in [-0.39, 0.29) is 0 Å². The van der Waals surface area contributed by atoms with Crippen molar-refractivity contribution in [1.82, 2.24) is 0 Å². The number of nitrogens with zero attached hydrogens (tertiary/aromatic N) is 1. The van der Waals surface area contributed by atoms with Crippen molar-refractivity contribution >= 4 is 103 Å². The SMILES string of the molecule is c1ccc2c(-c3ccc(N(c4ccc(-c5cccc6sc7ccccc7c56)cc4)c4cccc5c4ccc4ccccc45)c4c3oc3ccccc34)cccc2c1. The van der Waals surface area contributed by atoms with Crippen molar-refractivity contribution in [3.05, 3.63) is 200 Å². The Hall–Kier alpha value is -7.20. The summed E-state index contributed by atoms with van der Waals surface area (Å²) in [7, 11) is 0. The lowest BCUT2D eigenvalue weighted by Gasteiger charge is -2.28. The van der Waals surface area contributed by atoms with Crippen LogP contribution in [0.4, 0.5) is 17.1 Å². The summed E-state index contributed by atoms with van der Waals surface area (Å²) in [6, 6.07) is 72.7. The van der Waals surface area contributed by atoms with Crippen LogP contribution in [0.2, 0.25) is 0 Å². The highest BCUT2D eigenvalue weighted by molar-refractivity contribution is 7.25. The minimum Gasteiger partial charge on any atom is -0.455 e. The normalized spacial score (nSPS) is 11.9. The van der Waals surface area contributed by atoms with Crippen molar-refractivity contribution in [3.8, 4) is 22.3 Å². The molecule has 0 bridgehead atoms. The van der Waals surface area contributed by atoms with E-state index in [1.54, 1.807) is 0 Å². The standard InChI is InChI=1S/C54H33NOS/c1-3-15-38-34(12-1)14-9-20-42(38)44-32-33-48(53-45-17-5-7-23-49(45)56-54(44)53)55(47-22-10-21-41-39-16-4-2-13-35(39)28-31-43(41)47)37-29-26-36(27-30-37)40-19-11-25-51-52(40)46-18-6-8-24-50(46)57-51/h1-33H. The van der Waals surface area contributed by atoms with Crippen molar-refractivity contribution in [3.63, 3.8) is 0 Å². The Bertz CT molecular complexity index is 3530. The van der Waals surface area contributed by atoms with Gasteiger partial charge in [-0.3, -0.25) is 0 Å². The summed E-state index contributed by atoms with van der Waals surface area (Å²) in [6.45, 7) is 0. The van der Waals surface area contributed by atoms with Crippen LogP contribution in [0.15, 0.2) is 205 Å². The lowest BCUT2D eigenvalue weighted by molar-refractivity contribution is 0.670. The molecule has 0 aliphatic rings. The van der Waals surface area contributed by atoms with Crippen LogP contribution in [0.3, 0.4) is 0 Å². The van der Waals surface area contributed by atoms with E-state index >= 15 is 0 Å². The Labute approximate surface area is 333 Å². The molecule has 0 N–H and O–H groups in total. The van der Waals surface area contributed by atoms with Crippen LogP contribution in [0.1, 0.15) is 0 Å². The number of rotatable bonds is 5. The molecule has 0 aliphatic carbocycles. The minimum absolute atomic E-state index is 0.872. The first-order valence-electron chi connectivity index (χ1n) is 19.4. The summed E-state index contributed by atoms with van der Waals surface area (Å²) >= 11 is 1.86. The number of hydrogen-bond donors (Lipinski definition) is 0. The van der Waals surface area contributed by atoms with E-state index < -0.39 is 0 Å². The van der Waals surface area contributed by atoms with Crippen LogP contribution >= 0.6 is 11.3 Å². The van der Waals surface area contributed by atoms with E-state index in [1.807, 2.05) is 11.3 Å². The molecule has 2 nitrogen and oxygen atoms in total. The second kappa shape index (κ2) is 12.7. The maximum absolute atomic E-state index is 6.91. The van der Waals surface area contributed by atoms with Crippen LogP contribution in [-0.4, -0.2) is 0 Å². The second-order valence-electron chi connectivity index (χ2n) is 14.8. The molecular weight excluding hydrogens is 711 g/mol. The quantitative estimate of drug-likeness (QED) is 0.163. The predicted molar refractivity (Wildman–Crippen MR) is 245 cm³/mol. The number of anilines is 3. The second-order valence-corrected chi connectivity index (χ2v) is 15.9. The van der Waals surface area contributed by atoms with Gasteiger partial charge in [0.15, 0.2) is 0 Å². The molecule has 57 heavy (non-hydrogen) atoms. The molecule has 3 heteroatoms. The molecule has 0 atom stereocenters. The van der Waals surface area contributed by atoms with Gasteiger partial charge in [0.2, 0.25) is 0 Å². The average molecular weight is 744 g/mol. The molecular formula is C54H33NOS. The first-order chi connectivity index (χ1) is 28.3. The molecule has 0 saturated heterocycles. The van der Waals surface area contributed by atoms with Crippen LogP contribution in [0.25, 0.3) is 96.7 Å². The average Bonchev–Trinajstić information content (AvgIpc) is 3.86. The summed E-state index contributed by atoms with van der Waals surface area (Å²) in [4.78, 5) is 2.44. The highest BCUT2D eigenvalue weighted by Gasteiger charge is 2.24. The van der Waals surface area contributed by atoms with E-state index in [9.17, 15) is 0 Å². The fourth-order valence-corrected chi connectivity index (χ4v) is 10.2. The van der Waals surface area contributed by atoms with Gasteiger partial charge in [-0.15, -0.1) is 11.3 Å². The molecule has 10 aromatic carbocycles. The third kappa shape index (κ3) is 4.96. The van der Waals surface area contributed by atoms with Crippen molar-refractivity contribution in [2.45, 2.75) is 0 Å². The molecule has 0 unspecified atom stereocenters. The van der Waals surface area contributed by atoms with Gasteiger partial charge in [-0.1, -0.05) is 152 Å². The highest BCUT2D eigenvalue weighted by Crippen LogP contribution is 2.49. The van der Waals surface area contributed by atoms with Gasteiger partial charge in [0.1, 0.15) is 11.2 Å². The smallest absolute Gasteiger partial charge is 0.145 e. The lowest BCUT2D eigenvalue weighted by atomic mass is 9.95. The number of para-hydroxylation sites is 1. The van der Waals surface area contributed by atoms with E-state index in [2.05, 4.69) is 205 Å². The number of thiophene rings is 1. The Kier molecular flexibility index (Phi) is 7.13. The topological polar surface area (TPSA) is 16.4 Å². The van der Waals surface area contributed by atoms with E-state index in [0.717, 1.165) is 50.1 Å². The van der Waals surface area contributed by atoms with Crippen molar-refractivity contribution in [2.24, 2.45) is 0 Å². The molecule has 0 aliphatic heterocycles. The first-order valence-corrected chi connectivity index (χ1v) is 20.2. The minimum atomic E-state index is 0.872. The first kappa shape index (κ1) is 32.1. The van der Waals surface area contributed by atoms with Crippen LogP contribution in [-0.2, 0) is 0 Å². The Morgan fingerprint density at radius 2 is 1.00 bits per heavy atom. The molecule has 266 valence electrons. The molecule has 0 spiro atoms. The zero-order chi connectivity index (χ0) is 37.5. The van der Waals surface area contributed by atoms with Gasteiger partial charge >= 0.3 is 0 Å². The lowest BCUT2D eigenvalue weighted by Crippen LogP contribution is -2.11. The molecule has 0 radical (unpaired) electrons. The summed E-state index contributed by atoms with van der Waals surface area (Å²) in [5.41, 5.74) is 9.70. The fourth-order valence-electron chi connectivity index (χ4n) is 9.10. The summed E-state index contributed by atoms with van der Waals surface area (Å²) in [5.74, 6) is 0. The van der Waals surface area contributed by atoms with Gasteiger partial charge < -0.3 is 9.32 Å². The Morgan fingerprint density at radius 3 is 1.88 bits per heavy atom. The number of benzene rings is 10. The largest absolute Gasteiger partial charge is 0.455 e. The van der Waals surface area contributed by atoms with Gasteiger partial charge in [0, 0.05) is 42.2 Å².